The van der Waals surface area contributed by atoms with Gasteiger partial charge in [-0.3, -0.25) is 9.78 Å². The lowest BCUT2D eigenvalue weighted by atomic mass is 9.92. The van der Waals surface area contributed by atoms with E-state index >= 15 is 0 Å². The van der Waals surface area contributed by atoms with Gasteiger partial charge in [-0.2, -0.15) is 26.3 Å². The molecule has 0 spiro atoms. The molecule has 3 aromatic carbocycles. The second-order valence-corrected chi connectivity index (χ2v) is 10.4. The molecule has 0 aliphatic carbocycles. The Morgan fingerprint density at radius 2 is 1.60 bits per heavy atom. The summed E-state index contributed by atoms with van der Waals surface area (Å²) >= 11 is 0. The SMILES string of the molecule is COc1ccc(C[C@@H]2C[C@@H](OCc3ccnc4ccccc34)CCN2C(=O)c2cc(C(F)(F)F)cc(C(F)(F)F)c2)cc1. The Kier molecular flexibility index (Phi) is 8.64. The van der Waals surface area contributed by atoms with E-state index in [0.717, 1.165) is 22.0 Å². The first-order valence-electron chi connectivity index (χ1n) is 13.6. The quantitative estimate of drug-likeness (QED) is 0.203. The molecule has 5 nitrogen and oxygen atoms in total. The van der Waals surface area contributed by atoms with Crippen LogP contribution < -0.4 is 4.74 Å². The number of nitrogens with zero attached hydrogens (tertiary/aromatic N) is 2. The van der Waals surface area contributed by atoms with Gasteiger partial charge in [-0.15, -0.1) is 0 Å². The van der Waals surface area contributed by atoms with Gasteiger partial charge in [0.15, 0.2) is 0 Å². The van der Waals surface area contributed by atoms with Crippen LogP contribution in [0.3, 0.4) is 0 Å². The zero-order valence-electron chi connectivity index (χ0n) is 23.1. The molecule has 0 unspecified atom stereocenters. The normalized spacial score (nSPS) is 17.7. The average Bonchev–Trinajstić information content (AvgIpc) is 2.99. The lowest BCUT2D eigenvalue weighted by Crippen LogP contribution is -2.49. The van der Waals surface area contributed by atoms with Crippen molar-refractivity contribution in [2.24, 2.45) is 0 Å². The van der Waals surface area contributed by atoms with E-state index in [2.05, 4.69) is 4.98 Å². The van der Waals surface area contributed by atoms with Gasteiger partial charge in [0.1, 0.15) is 5.75 Å². The largest absolute Gasteiger partial charge is 0.497 e. The minimum atomic E-state index is -5.06. The number of aromatic nitrogens is 1. The van der Waals surface area contributed by atoms with Crippen LogP contribution in [-0.4, -0.2) is 41.6 Å². The van der Waals surface area contributed by atoms with Crippen LogP contribution >= 0.6 is 0 Å². The van der Waals surface area contributed by atoms with Crippen molar-refractivity contribution in [2.75, 3.05) is 13.7 Å². The van der Waals surface area contributed by atoms with Crippen LogP contribution in [0.25, 0.3) is 10.9 Å². The molecule has 1 fully saturated rings. The van der Waals surface area contributed by atoms with Crippen molar-refractivity contribution in [2.45, 2.75) is 50.4 Å². The third kappa shape index (κ3) is 7.10. The molecule has 1 aromatic heterocycles. The van der Waals surface area contributed by atoms with Crippen molar-refractivity contribution in [1.82, 2.24) is 9.88 Å². The number of carbonyl (C=O) groups excluding carboxylic acids is 1. The van der Waals surface area contributed by atoms with Crippen LogP contribution in [0.15, 0.2) is 79.0 Å². The molecule has 0 saturated carbocycles. The van der Waals surface area contributed by atoms with Crippen LogP contribution in [0.1, 0.15) is 45.5 Å². The van der Waals surface area contributed by atoms with Gasteiger partial charge in [-0.05, 0) is 72.9 Å². The lowest BCUT2D eigenvalue weighted by molar-refractivity contribution is -0.143. The second kappa shape index (κ2) is 12.2. The monoisotopic (exact) mass is 602 g/mol. The molecule has 43 heavy (non-hydrogen) atoms. The molecule has 0 radical (unpaired) electrons. The second-order valence-electron chi connectivity index (χ2n) is 10.4. The first kappa shape index (κ1) is 30.3. The summed E-state index contributed by atoms with van der Waals surface area (Å²) < 4.78 is 92.6. The van der Waals surface area contributed by atoms with Crippen LogP contribution in [0.4, 0.5) is 26.3 Å². The van der Waals surface area contributed by atoms with E-state index in [1.165, 1.54) is 12.0 Å². The number of rotatable bonds is 7. The Morgan fingerprint density at radius 3 is 2.26 bits per heavy atom. The Labute approximate surface area is 244 Å². The molecule has 1 amide bonds. The number of alkyl halides is 6. The van der Waals surface area contributed by atoms with Gasteiger partial charge in [0, 0.05) is 29.7 Å². The molecule has 0 N–H and O–H groups in total. The number of benzene rings is 3. The summed E-state index contributed by atoms with van der Waals surface area (Å²) in [6.45, 7) is 0.373. The van der Waals surface area contributed by atoms with Crippen LogP contribution in [-0.2, 0) is 30.1 Å². The van der Waals surface area contributed by atoms with E-state index in [1.807, 2.05) is 30.3 Å². The predicted molar refractivity (Wildman–Crippen MR) is 148 cm³/mol. The number of halogens is 6. The highest BCUT2D eigenvalue weighted by Gasteiger charge is 2.39. The molecule has 1 aliphatic heterocycles. The maximum absolute atomic E-state index is 13.6. The van der Waals surface area contributed by atoms with Gasteiger partial charge in [-0.25, -0.2) is 0 Å². The number of piperidine rings is 1. The Morgan fingerprint density at radius 1 is 0.930 bits per heavy atom. The van der Waals surface area contributed by atoms with Crippen molar-refractivity contribution in [3.63, 3.8) is 0 Å². The fourth-order valence-electron chi connectivity index (χ4n) is 5.39. The maximum atomic E-state index is 13.6. The van der Waals surface area contributed by atoms with E-state index < -0.39 is 41.0 Å². The zero-order valence-corrected chi connectivity index (χ0v) is 23.1. The summed E-state index contributed by atoms with van der Waals surface area (Å²) in [7, 11) is 1.52. The number of fused-ring (bicyclic) bond motifs is 1. The summed E-state index contributed by atoms with van der Waals surface area (Å²) in [4.78, 5) is 19.3. The smallest absolute Gasteiger partial charge is 0.416 e. The molecular formula is C32H28F6N2O3. The number of methoxy groups -OCH3 is 1. The van der Waals surface area contributed by atoms with E-state index in [9.17, 15) is 31.1 Å². The first-order valence-corrected chi connectivity index (χ1v) is 13.6. The summed E-state index contributed by atoms with van der Waals surface area (Å²) in [5.74, 6) is -0.275. The summed E-state index contributed by atoms with van der Waals surface area (Å²) in [6.07, 6.45) is -7.71. The van der Waals surface area contributed by atoms with Crippen LogP contribution in [0, 0.1) is 0 Å². The van der Waals surface area contributed by atoms with Crippen molar-refractivity contribution >= 4 is 16.8 Å². The summed E-state index contributed by atoms with van der Waals surface area (Å²) in [6, 6.07) is 17.0. The number of pyridine rings is 1. The number of para-hydroxylation sites is 1. The third-order valence-electron chi connectivity index (χ3n) is 7.61. The highest BCUT2D eigenvalue weighted by Crippen LogP contribution is 2.37. The molecule has 1 saturated heterocycles. The number of carbonyl (C=O) groups is 1. The highest BCUT2D eigenvalue weighted by molar-refractivity contribution is 5.95. The first-order chi connectivity index (χ1) is 20.4. The van der Waals surface area contributed by atoms with E-state index in [4.69, 9.17) is 9.47 Å². The number of likely N-dealkylation sites (tertiary alicyclic amines) is 1. The number of hydrogen-bond acceptors (Lipinski definition) is 4. The molecule has 4 aromatic rings. The molecular weight excluding hydrogens is 574 g/mol. The zero-order chi connectivity index (χ0) is 30.8. The third-order valence-corrected chi connectivity index (χ3v) is 7.61. The maximum Gasteiger partial charge on any atom is 0.416 e. The predicted octanol–water partition coefficient (Wildman–Crippen LogP) is 7.71. The van der Waals surface area contributed by atoms with Gasteiger partial charge in [-0.1, -0.05) is 30.3 Å². The van der Waals surface area contributed by atoms with E-state index in [1.54, 1.807) is 30.5 Å². The van der Waals surface area contributed by atoms with Gasteiger partial charge in [0.25, 0.3) is 5.91 Å². The molecule has 5 rings (SSSR count). The number of amides is 1. The van der Waals surface area contributed by atoms with Crippen molar-refractivity contribution in [3.8, 4) is 5.75 Å². The molecule has 1 aliphatic rings. The van der Waals surface area contributed by atoms with Crippen molar-refractivity contribution in [1.29, 1.82) is 0 Å². The van der Waals surface area contributed by atoms with Crippen LogP contribution in [0.2, 0.25) is 0 Å². The topological polar surface area (TPSA) is 51.7 Å². The highest BCUT2D eigenvalue weighted by atomic mass is 19.4. The average molecular weight is 603 g/mol. The Hall–Kier alpha value is -4.12. The van der Waals surface area contributed by atoms with Gasteiger partial charge in [0.05, 0.1) is 36.5 Å². The molecule has 226 valence electrons. The molecule has 2 heterocycles. The van der Waals surface area contributed by atoms with Gasteiger partial charge < -0.3 is 14.4 Å². The standard InChI is InChI=1S/C32H28F6N2O3/c1-42-26-8-6-20(7-9-26)14-25-18-27(43-19-21-10-12-39-29-5-3-2-4-28(21)29)11-13-40(25)30(41)22-15-23(31(33,34)35)17-24(16-22)32(36,37)38/h2-10,12,15-17,25,27H,11,13-14,18-19H2,1H3/t25-,27+/m1/s1. The number of hydrogen-bond donors (Lipinski definition) is 0. The van der Waals surface area contributed by atoms with Crippen molar-refractivity contribution < 1.29 is 40.6 Å². The minimum absolute atomic E-state index is 0.0223. The number of ether oxygens (including phenoxy) is 2. The molecule has 0 bridgehead atoms. The summed E-state index contributed by atoms with van der Waals surface area (Å²) in [5, 5.41) is 0.942. The Balaban J connectivity index is 1.41. The van der Waals surface area contributed by atoms with E-state index in [0.29, 0.717) is 37.1 Å². The molecule has 2 atom stereocenters. The fraction of sp³-hybridized carbons (Fsp3) is 0.312. The van der Waals surface area contributed by atoms with Gasteiger partial charge >= 0.3 is 12.4 Å². The fourth-order valence-corrected chi connectivity index (χ4v) is 5.39. The van der Waals surface area contributed by atoms with Crippen LogP contribution in [0.5, 0.6) is 5.75 Å². The van der Waals surface area contributed by atoms with E-state index in [-0.39, 0.29) is 25.3 Å². The van der Waals surface area contributed by atoms with Crippen molar-refractivity contribution in [3.05, 3.63) is 107 Å². The summed E-state index contributed by atoms with van der Waals surface area (Å²) in [5.41, 5.74) is -1.14. The Bertz CT molecular complexity index is 1550. The van der Waals surface area contributed by atoms with Gasteiger partial charge in [0.2, 0.25) is 0 Å². The minimum Gasteiger partial charge on any atom is -0.497 e. The molecule has 11 heteroatoms. The lowest BCUT2D eigenvalue weighted by Gasteiger charge is -2.40.